The van der Waals surface area contributed by atoms with Crippen molar-refractivity contribution >= 4 is 29.2 Å². The Morgan fingerprint density at radius 2 is 1.82 bits per heavy atom. The summed E-state index contributed by atoms with van der Waals surface area (Å²) in [7, 11) is 0. The van der Waals surface area contributed by atoms with Crippen molar-refractivity contribution in [2.75, 3.05) is 16.8 Å². The van der Waals surface area contributed by atoms with Crippen LogP contribution < -0.4 is 10.2 Å². The van der Waals surface area contributed by atoms with Gasteiger partial charge in [-0.05, 0) is 31.0 Å². The molecule has 0 saturated heterocycles. The molecule has 1 heterocycles. The Balaban J connectivity index is 1.73. The van der Waals surface area contributed by atoms with Gasteiger partial charge >= 0.3 is 5.97 Å². The van der Waals surface area contributed by atoms with Gasteiger partial charge in [-0.1, -0.05) is 49.4 Å². The van der Waals surface area contributed by atoms with E-state index in [0.717, 1.165) is 5.56 Å². The zero-order chi connectivity index (χ0) is 20.1. The van der Waals surface area contributed by atoms with Crippen molar-refractivity contribution in [3.63, 3.8) is 0 Å². The second kappa shape index (κ2) is 8.69. The summed E-state index contributed by atoms with van der Waals surface area (Å²) in [5.41, 5.74) is 2.05. The van der Waals surface area contributed by atoms with Gasteiger partial charge in [-0.15, -0.1) is 0 Å². The van der Waals surface area contributed by atoms with E-state index in [-0.39, 0.29) is 30.9 Å². The van der Waals surface area contributed by atoms with Gasteiger partial charge in [0.15, 0.2) is 6.61 Å². The molecule has 2 aromatic carbocycles. The number of nitrogens with one attached hydrogen (secondary N) is 1. The number of rotatable bonds is 5. The molecule has 2 amide bonds. The molecule has 0 unspecified atom stereocenters. The van der Waals surface area contributed by atoms with Crippen LogP contribution in [-0.2, 0) is 19.1 Å². The van der Waals surface area contributed by atoms with Crippen LogP contribution in [0.25, 0.3) is 0 Å². The van der Waals surface area contributed by atoms with Crippen LogP contribution in [0, 0.1) is 0 Å². The van der Waals surface area contributed by atoms with Crippen molar-refractivity contribution in [1.29, 1.82) is 0 Å². The van der Waals surface area contributed by atoms with Gasteiger partial charge in [0, 0.05) is 12.5 Å². The molecule has 3 rings (SSSR count). The fourth-order valence-electron chi connectivity index (χ4n) is 3.49. The number of fused-ring (bicyclic) bond motifs is 1. The zero-order valence-corrected chi connectivity index (χ0v) is 16.1. The van der Waals surface area contributed by atoms with Crippen molar-refractivity contribution in [1.82, 2.24) is 0 Å². The maximum absolute atomic E-state index is 12.9. The van der Waals surface area contributed by atoms with Crippen LogP contribution in [-0.4, -0.2) is 30.4 Å². The third-order valence-electron chi connectivity index (χ3n) is 4.86. The molecule has 0 aliphatic carbocycles. The van der Waals surface area contributed by atoms with Crippen LogP contribution in [0.3, 0.4) is 0 Å². The van der Waals surface area contributed by atoms with Crippen LogP contribution in [0.5, 0.6) is 0 Å². The third-order valence-corrected chi connectivity index (χ3v) is 4.86. The number of carbonyl (C=O) groups excluding carboxylic acids is 3. The summed E-state index contributed by atoms with van der Waals surface area (Å²) in [5, 5.41) is 2.81. The second-order valence-corrected chi connectivity index (χ2v) is 6.86. The highest BCUT2D eigenvalue weighted by Gasteiger charge is 2.30. The van der Waals surface area contributed by atoms with Crippen molar-refractivity contribution in [2.45, 2.75) is 38.6 Å². The standard InChI is InChI=1S/C22H24N2O4/c1-3-17(16-9-5-4-6-10-16)22(27)28-14-21(26)24-15(2)13-20(25)23-18-11-7-8-12-19(18)24/h4-12,15,17H,3,13-14H2,1-2H3,(H,23,25)/t15-,17-/m1/s1. The van der Waals surface area contributed by atoms with E-state index in [1.165, 1.54) is 4.90 Å². The average Bonchev–Trinajstić information content (AvgIpc) is 2.81. The molecule has 0 saturated carbocycles. The molecule has 0 aromatic heterocycles. The van der Waals surface area contributed by atoms with Crippen LogP contribution in [0.4, 0.5) is 11.4 Å². The molecule has 146 valence electrons. The molecule has 6 nitrogen and oxygen atoms in total. The molecule has 0 spiro atoms. The SMILES string of the molecule is CC[C@@H](C(=O)OCC(=O)N1c2ccccc2NC(=O)C[C@H]1C)c1ccccc1. The topological polar surface area (TPSA) is 75.7 Å². The number of benzene rings is 2. The maximum atomic E-state index is 12.9. The van der Waals surface area contributed by atoms with Crippen molar-refractivity contribution in [2.24, 2.45) is 0 Å². The predicted octanol–water partition coefficient (Wildman–Crippen LogP) is 3.49. The number of para-hydroxylation sites is 2. The fourth-order valence-corrected chi connectivity index (χ4v) is 3.49. The Labute approximate surface area is 164 Å². The van der Waals surface area contributed by atoms with Crippen LogP contribution >= 0.6 is 0 Å². The van der Waals surface area contributed by atoms with E-state index in [1.807, 2.05) is 37.3 Å². The van der Waals surface area contributed by atoms with E-state index in [9.17, 15) is 14.4 Å². The highest BCUT2D eigenvalue weighted by molar-refractivity contribution is 6.05. The second-order valence-electron chi connectivity index (χ2n) is 6.86. The number of esters is 1. The Kier molecular flexibility index (Phi) is 6.09. The predicted molar refractivity (Wildman–Crippen MR) is 107 cm³/mol. The van der Waals surface area contributed by atoms with Gasteiger partial charge in [-0.25, -0.2) is 0 Å². The van der Waals surface area contributed by atoms with Crippen LogP contribution in [0.15, 0.2) is 54.6 Å². The molecular formula is C22H24N2O4. The summed E-state index contributed by atoms with van der Waals surface area (Å²) < 4.78 is 5.36. The smallest absolute Gasteiger partial charge is 0.313 e. The Morgan fingerprint density at radius 1 is 1.14 bits per heavy atom. The lowest BCUT2D eigenvalue weighted by molar-refractivity contribution is -0.149. The molecule has 2 aromatic rings. The normalized spacial score (nSPS) is 17.1. The van der Waals surface area contributed by atoms with E-state index in [1.54, 1.807) is 31.2 Å². The summed E-state index contributed by atoms with van der Waals surface area (Å²) in [6.07, 6.45) is 0.758. The maximum Gasteiger partial charge on any atom is 0.313 e. The highest BCUT2D eigenvalue weighted by Crippen LogP contribution is 2.31. The number of ether oxygens (including phenoxy) is 1. The van der Waals surface area contributed by atoms with E-state index < -0.39 is 11.9 Å². The van der Waals surface area contributed by atoms with Crippen LogP contribution in [0.1, 0.15) is 38.2 Å². The Morgan fingerprint density at radius 3 is 2.54 bits per heavy atom. The number of nitrogens with zero attached hydrogens (tertiary/aromatic N) is 1. The number of anilines is 2. The third kappa shape index (κ3) is 4.22. The minimum atomic E-state index is -0.424. The van der Waals surface area contributed by atoms with Gasteiger partial charge < -0.3 is 15.0 Å². The molecule has 0 bridgehead atoms. The largest absolute Gasteiger partial charge is 0.455 e. The Bertz CT molecular complexity index is 866. The van der Waals surface area contributed by atoms with Crippen molar-refractivity contribution in [3.05, 3.63) is 60.2 Å². The summed E-state index contributed by atoms with van der Waals surface area (Å²) >= 11 is 0. The zero-order valence-electron chi connectivity index (χ0n) is 16.1. The van der Waals surface area contributed by atoms with E-state index >= 15 is 0 Å². The molecule has 28 heavy (non-hydrogen) atoms. The van der Waals surface area contributed by atoms with Gasteiger partial charge in [0.25, 0.3) is 5.91 Å². The number of hydrogen-bond donors (Lipinski definition) is 1. The Hall–Kier alpha value is -3.15. The lowest BCUT2D eigenvalue weighted by atomic mass is 9.97. The molecular weight excluding hydrogens is 356 g/mol. The summed E-state index contributed by atoms with van der Waals surface area (Å²) in [5.74, 6) is -1.34. The summed E-state index contributed by atoms with van der Waals surface area (Å²) in [6.45, 7) is 3.35. The highest BCUT2D eigenvalue weighted by atomic mass is 16.5. The van der Waals surface area contributed by atoms with Crippen LogP contribution in [0.2, 0.25) is 0 Å². The first-order valence-corrected chi connectivity index (χ1v) is 9.43. The van der Waals surface area contributed by atoms with Gasteiger partial charge in [0.2, 0.25) is 5.91 Å². The fraction of sp³-hybridized carbons (Fsp3) is 0.318. The van der Waals surface area contributed by atoms with E-state index in [4.69, 9.17) is 4.74 Å². The summed E-state index contributed by atoms with van der Waals surface area (Å²) in [4.78, 5) is 39.0. The van der Waals surface area contributed by atoms with Gasteiger partial charge in [0.1, 0.15) is 0 Å². The monoisotopic (exact) mass is 380 g/mol. The van der Waals surface area contributed by atoms with E-state index in [0.29, 0.717) is 17.8 Å². The molecule has 0 radical (unpaired) electrons. The minimum Gasteiger partial charge on any atom is -0.455 e. The molecule has 6 heteroatoms. The summed E-state index contributed by atoms with van der Waals surface area (Å²) in [6, 6.07) is 16.2. The van der Waals surface area contributed by atoms with Gasteiger partial charge in [-0.2, -0.15) is 0 Å². The quantitative estimate of drug-likeness (QED) is 0.806. The lowest BCUT2D eigenvalue weighted by Crippen LogP contribution is -2.41. The molecule has 1 aliphatic rings. The lowest BCUT2D eigenvalue weighted by Gasteiger charge is -2.27. The molecule has 2 atom stereocenters. The first kappa shape index (κ1) is 19.6. The van der Waals surface area contributed by atoms with Crippen molar-refractivity contribution in [3.8, 4) is 0 Å². The van der Waals surface area contributed by atoms with Crippen molar-refractivity contribution < 1.29 is 19.1 Å². The first-order valence-electron chi connectivity index (χ1n) is 9.43. The number of hydrogen-bond acceptors (Lipinski definition) is 4. The number of carbonyl (C=O) groups is 3. The molecule has 1 aliphatic heterocycles. The first-order chi connectivity index (χ1) is 13.5. The number of amides is 2. The van der Waals surface area contributed by atoms with Gasteiger partial charge in [0.05, 0.1) is 17.3 Å². The minimum absolute atomic E-state index is 0.151. The molecule has 0 fully saturated rings. The van der Waals surface area contributed by atoms with E-state index in [2.05, 4.69) is 5.32 Å². The van der Waals surface area contributed by atoms with Gasteiger partial charge in [-0.3, -0.25) is 14.4 Å². The molecule has 1 N–H and O–H groups in total. The average molecular weight is 380 g/mol.